The predicted molar refractivity (Wildman–Crippen MR) is 88.8 cm³/mol. The van der Waals surface area contributed by atoms with E-state index in [1.807, 2.05) is 17.5 Å². The van der Waals surface area contributed by atoms with Crippen LogP contribution in [0.2, 0.25) is 0 Å². The Morgan fingerprint density at radius 2 is 2.15 bits per heavy atom. The summed E-state index contributed by atoms with van der Waals surface area (Å²) in [5.74, 6) is 0. The van der Waals surface area contributed by atoms with E-state index in [0.29, 0.717) is 6.04 Å². The molecule has 20 heavy (non-hydrogen) atoms. The first-order chi connectivity index (χ1) is 9.78. The second-order valence-electron chi connectivity index (χ2n) is 4.85. The van der Waals surface area contributed by atoms with Crippen molar-refractivity contribution in [3.05, 3.63) is 51.3 Å². The van der Waals surface area contributed by atoms with Crippen LogP contribution in [0, 0.1) is 6.92 Å². The zero-order valence-corrected chi connectivity index (χ0v) is 13.4. The number of benzene rings is 1. The minimum absolute atomic E-state index is 0.365. The van der Waals surface area contributed by atoms with Crippen molar-refractivity contribution in [2.45, 2.75) is 26.3 Å². The van der Waals surface area contributed by atoms with E-state index >= 15 is 0 Å². The van der Waals surface area contributed by atoms with Crippen LogP contribution in [0.4, 0.5) is 0 Å². The molecule has 1 aromatic carbocycles. The zero-order valence-electron chi connectivity index (χ0n) is 11.7. The van der Waals surface area contributed by atoms with E-state index in [9.17, 15) is 0 Å². The fourth-order valence-electron chi connectivity index (χ4n) is 2.47. The number of thiazole rings is 1. The summed E-state index contributed by atoms with van der Waals surface area (Å²) >= 11 is 3.63. The van der Waals surface area contributed by atoms with Crippen molar-refractivity contribution in [1.82, 2.24) is 10.3 Å². The number of aromatic nitrogens is 1. The van der Waals surface area contributed by atoms with Gasteiger partial charge in [-0.3, -0.25) is 0 Å². The maximum Gasteiger partial charge on any atom is 0.0897 e. The molecular formula is C16H18N2S2. The molecule has 1 N–H and O–H groups in total. The lowest BCUT2D eigenvalue weighted by Crippen LogP contribution is -2.21. The number of rotatable bonds is 5. The largest absolute Gasteiger partial charge is 0.309 e. The normalized spacial score (nSPS) is 12.9. The summed E-state index contributed by atoms with van der Waals surface area (Å²) in [4.78, 5) is 5.73. The molecule has 104 valence electrons. The average molecular weight is 302 g/mol. The van der Waals surface area contributed by atoms with Crippen molar-refractivity contribution in [2.24, 2.45) is 0 Å². The lowest BCUT2D eigenvalue weighted by Gasteiger charge is -2.15. The molecule has 2 aromatic heterocycles. The highest BCUT2D eigenvalue weighted by Gasteiger charge is 2.16. The number of thiophene rings is 1. The van der Waals surface area contributed by atoms with Crippen LogP contribution < -0.4 is 5.32 Å². The third-order valence-electron chi connectivity index (χ3n) is 3.42. The Balaban J connectivity index is 1.90. The monoisotopic (exact) mass is 302 g/mol. The number of fused-ring (bicyclic) bond motifs is 1. The first kappa shape index (κ1) is 13.7. The van der Waals surface area contributed by atoms with E-state index < -0.39 is 0 Å². The lowest BCUT2D eigenvalue weighted by atomic mass is 10.0. The van der Waals surface area contributed by atoms with E-state index in [0.717, 1.165) is 18.0 Å². The molecule has 1 atom stereocenters. The van der Waals surface area contributed by atoms with Crippen LogP contribution in [0.3, 0.4) is 0 Å². The highest BCUT2D eigenvalue weighted by Crippen LogP contribution is 2.31. The molecular weight excluding hydrogens is 284 g/mol. The molecule has 0 bridgehead atoms. The summed E-state index contributed by atoms with van der Waals surface area (Å²) in [6, 6.07) is 9.02. The van der Waals surface area contributed by atoms with Gasteiger partial charge in [0.05, 0.1) is 5.01 Å². The third kappa shape index (κ3) is 2.77. The molecule has 0 amide bonds. The van der Waals surface area contributed by atoms with Gasteiger partial charge >= 0.3 is 0 Å². The smallest absolute Gasteiger partial charge is 0.0897 e. The molecule has 0 aliphatic carbocycles. The van der Waals surface area contributed by atoms with Crippen LogP contribution in [0.25, 0.3) is 10.1 Å². The molecule has 3 rings (SSSR count). The Labute approximate surface area is 127 Å². The summed E-state index contributed by atoms with van der Waals surface area (Å²) in [5.41, 5.74) is 1.43. The summed E-state index contributed by atoms with van der Waals surface area (Å²) < 4.78 is 1.37. The molecule has 0 radical (unpaired) electrons. The van der Waals surface area contributed by atoms with Crippen molar-refractivity contribution in [2.75, 3.05) is 6.54 Å². The highest BCUT2D eigenvalue weighted by molar-refractivity contribution is 7.17. The number of nitrogens with zero attached hydrogens (tertiary/aromatic N) is 1. The molecule has 3 aromatic rings. The van der Waals surface area contributed by atoms with Gasteiger partial charge in [0, 0.05) is 21.8 Å². The van der Waals surface area contributed by atoms with Crippen molar-refractivity contribution < 1.29 is 0 Å². The Hall–Kier alpha value is -1.23. The Morgan fingerprint density at radius 3 is 2.90 bits per heavy atom. The van der Waals surface area contributed by atoms with Crippen LogP contribution in [-0.4, -0.2) is 11.5 Å². The first-order valence-electron chi connectivity index (χ1n) is 6.88. The summed E-state index contributed by atoms with van der Waals surface area (Å²) in [6.07, 6.45) is 3.04. The minimum Gasteiger partial charge on any atom is -0.309 e. The van der Waals surface area contributed by atoms with Gasteiger partial charge in [-0.1, -0.05) is 25.1 Å². The van der Waals surface area contributed by atoms with E-state index in [-0.39, 0.29) is 0 Å². The summed E-state index contributed by atoms with van der Waals surface area (Å²) in [6.45, 7) is 5.20. The predicted octanol–water partition coefficient (Wildman–Crippen LogP) is 4.56. The van der Waals surface area contributed by atoms with Crippen LogP contribution in [0.5, 0.6) is 0 Å². The molecule has 0 saturated carbocycles. The Kier molecular flexibility index (Phi) is 4.15. The molecule has 0 fully saturated rings. The fraction of sp³-hybridized carbons (Fsp3) is 0.312. The summed E-state index contributed by atoms with van der Waals surface area (Å²) in [5, 5.41) is 8.41. The molecule has 2 nitrogen and oxygen atoms in total. The van der Waals surface area contributed by atoms with Crippen molar-refractivity contribution >= 4 is 32.8 Å². The third-order valence-corrected chi connectivity index (χ3v) is 5.46. The van der Waals surface area contributed by atoms with Gasteiger partial charge in [0.15, 0.2) is 0 Å². The number of likely N-dealkylation sites (N-methyl/N-ethyl adjacent to an activating group) is 1. The van der Waals surface area contributed by atoms with Gasteiger partial charge in [-0.2, -0.15) is 0 Å². The van der Waals surface area contributed by atoms with Gasteiger partial charge in [-0.25, -0.2) is 4.98 Å². The van der Waals surface area contributed by atoms with E-state index in [2.05, 4.69) is 53.8 Å². The van der Waals surface area contributed by atoms with Crippen LogP contribution in [-0.2, 0) is 6.42 Å². The SMILES string of the molecule is CCNC(Cc1csc2ccccc12)c1cnc(C)s1. The molecule has 0 aliphatic rings. The Bertz CT molecular complexity index is 699. The Morgan fingerprint density at radius 1 is 1.30 bits per heavy atom. The van der Waals surface area contributed by atoms with Gasteiger partial charge < -0.3 is 5.32 Å². The van der Waals surface area contributed by atoms with Gasteiger partial charge in [-0.05, 0) is 42.3 Å². The average Bonchev–Trinajstić information content (AvgIpc) is 3.05. The molecule has 1 unspecified atom stereocenters. The second-order valence-corrected chi connectivity index (χ2v) is 7.03. The van der Waals surface area contributed by atoms with Crippen molar-refractivity contribution in [3.8, 4) is 0 Å². The van der Waals surface area contributed by atoms with E-state index in [4.69, 9.17) is 0 Å². The van der Waals surface area contributed by atoms with Gasteiger partial charge in [0.25, 0.3) is 0 Å². The van der Waals surface area contributed by atoms with Crippen molar-refractivity contribution in [3.63, 3.8) is 0 Å². The van der Waals surface area contributed by atoms with Crippen molar-refractivity contribution in [1.29, 1.82) is 0 Å². The van der Waals surface area contributed by atoms with E-state index in [1.165, 1.54) is 20.5 Å². The molecule has 0 aliphatic heterocycles. The standard InChI is InChI=1S/C16H18N2S2/c1-3-17-14(16-9-18-11(2)20-16)8-12-10-19-15-7-5-4-6-13(12)15/h4-7,9-10,14,17H,3,8H2,1-2H3. The van der Waals surface area contributed by atoms with Crippen LogP contribution >= 0.6 is 22.7 Å². The van der Waals surface area contributed by atoms with Gasteiger partial charge in [0.2, 0.25) is 0 Å². The first-order valence-corrected chi connectivity index (χ1v) is 8.58. The molecule has 2 heterocycles. The fourth-order valence-corrected chi connectivity index (χ4v) is 4.31. The number of hydrogen-bond donors (Lipinski definition) is 1. The zero-order chi connectivity index (χ0) is 13.9. The summed E-state index contributed by atoms with van der Waals surface area (Å²) in [7, 11) is 0. The second kappa shape index (κ2) is 6.04. The van der Waals surface area contributed by atoms with E-state index in [1.54, 1.807) is 11.3 Å². The van der Waals surface area contributed by atoms with Crippen LogP contribution in [0.15, 0.2) is 35.8 Å². The minimum atomic E-state index is 0.365. The number of hydrogen-bond acceptors (Lipinski definition) is 4. The molecule has 4 heteroatoms. The maximum absolute atomic E-state index is 4.39. The lowest BCUT2D eigenvalue weighted by molar-refractivity contribution is 0.559. The topological polar surface area (TPSA) is 24.9 Å². The number of aryl methyl sites for hydroxylation is 1. The molecule has 0 spiro atoms. The van der Waals surface area contributed by atoms with Gasteiger partial charge in [-0.15, -0.1) is 22.7 Å². The maximum atomic E-state index is 4.39. The number of nitrogens with one attached hydrogen (secondary N) is 1. The molecule has 0 saturated heterocycles. The van der Waals surface area contributed by atoms with Gasteiger partial charge in [0.1, 0.15) is 0 Å². The van der Waals surface area contributed by atoms with Crippen LogP contribution in [0.1, 0.15) is 28.4 Å². The highest BCUT2D eigenvalue weighted by atomic mass is 32.1. The quantitative estimate of drug-likeness (QED) is 0.747.